The van der Waals surface area contributed by atoms with E-state index in [1.165, 1.54) is 0 Å². The molecule has 15 heavy (non-hydrogen) atoms. The lowest BCUT2D eigenvalue weighted by Gasteiger charge is -2.19. The van der Waals surface area contributed by atoms with E-state index >= 15 is 0 Å². The van der Waals surface area contributed by atoms with Crippen LogP contribution in [0.3, 0.4) is 0 Å². The van der Waals surface area contributed by atoms with Crippen molar-refractivity contribution in [1.29, 1.82) is 0 Å². The van der Waals surface area contributed by atoms with Gasteiger partial charge in [0.2, 0.25) is 0 Å². The number of nitrogens with one attached hydrogen (secondary N) is 1. The van der Waals surface area contributed by atoms with E-state index in [9.17, 15) is 13.2 Å². The van der Waals surface area contributed by atoms with E-state index in [-0.39, 0.29) is 31.4 Å². The van der Waals surface area contributed by atoms with Crippen LogP contribution in [0, 0.1) is 0 Å². The minimum atomic E-state index is -4.01. The van der Waals surface area contributed by atoms with E-state index in [0.717, 1.165) is 32.6 Å². The summed E-state index contributed by atoms with van der Waals surface area (Å²) in [7, 11) is 0. The van der Waals surface area contributed by atoms with E-state index in [1.807, 2.05) is 4.90 Å². The Labute approximate surface area is 100 Å². The average Bonchev–Trinajstić information content (AvgIpc) is 2.26. The molecule has 1 N–H and O–H groups in total. The second-order valence-electron chi connectivity index (χ2n) is 3.31. The van der Waals surface area contributed by atoms with E-state index in [2.05, 4.69) is 5.32 Å². The molecular weight excluding hydrogens is 252 g/mol. The maximum atomic E-state index is 11.9. The molecule has 7 heteroatoms. The van der Waals surface area contributed by atoms with Gasteiger partial charge in [-0.1, -0.05) is 0 Å². The van der Waals surface area contributed by atoms with E-state index < -0.39 is 12.6 Å². The van der Waals surface area contributed by atoms with Gasteiger partial charge in [-0.25, -0.2) is 0 Å². The van der Waals surface area contributed by atoms with E-state index in [0.29, 0.717) is 0 Å². The van der Waals surface area contributed by atoms with Gasteiger partial charge in [0.25, 0.3) is 0 Å². The molecule has 1 aliphatic heterocycles. The average molecular weight is 269 g/mol. The standard InChI is InChI=1S/C8H15F3N2.2ClH/c9-8(10,11)2-6-13-5-1-3-12-4-7-13;;/h12H,1-7H2;2*1H. The smallest absolute Gasteiger partial charge is 0.315 e. The summed E-state index contributed by atoms with van der Waals surface area (Å²) in [6.45, 7) is 3.38. The van der Waals surface area contributed by atoms with Crippen LogP contribution >= 0.6 is 24.8 Å². The maximum absolute atomic E-state index is 11.9. The normalized spacial score (nSPS) is 18.6. The lowest BCUT2D eigenvalue weighted by atomic mass is 10.3. The molecule has 0 bridgehead atoms. The zero-order chi connectivity index (χ0) is 9.73. The summed E-state index contributed by atoms with van der Waals surface area (Å²) < 4.78 is 35.6. The number of halogens is 5. The molecule has 0 saturated carbocycles. The summed E-state index contributed by atoms with van der Waals surface area (Å²) in [5, 5.41) is 3.15. The van der Waals surface area contributed by atoms with Crippen LogP contribution in [0.25, 0.3) is 0 Å². The van der Waals surface area contributed by atoms with Crippen LogP contribution in [0.1, 0.15) is 12.8 Å². The largest absolute Gasteiger partial charge is 0.390 e. The third-order valence-corrected chi connectivity index (χ3v) is 2.14. The Morgan fingerprint density at radius 2 is 1.73 bits per heavy atom. The fraction of sp³-hybridized carbons (Fsp3) is 1.00. The maximum Gasteiger partial charge on any atom is 0.390 e. The van der Waals surface area contributed by atoms with Crippen molar-refractivity contribution < 1.29 is 13.2 Å². The molecule has 94 valence electrons. The second kappa shape index (κ2) is 8.44. The molecule has 0 aromatic carbocycles. The summed E-state index contributed by atoms with van der Waals surface area (Å²) in [4.78, 5) is 1.87. The van der Waals surface area contributed by atoms with Gasteiger partial charge in [0, 0.05) is 19.6 Å². The summed E-state index contributed by atoms with van der Waals surface area (Å²) in [6, 6.07) is 0. The number of rotatable bonds is 2. The Balaban J connectivity index is 0. The number of alkyl halides is 3. The molecule has 1 heterocycles. The van der Waals surface area contributed by atoms with Crippen LogP contribution in [0.15, 0.2) is 0 Å². The van der Waals surface area contributed by atoms with Gasteiger partial charge < -0.3 is 10.2 Å². The first kappa shape index (κ1) is 17.7. The third kappa shape index (κ3) is 9.23. The van der Waals surface area contributed by atoms with Crippen LogP contribution in [-0.2, 0) is 0 Å². The minimum absolute atomic E-state index is 0. The fourth-order valence-electron chi connectivity index (χ4n) is 1.41. The third-order valence-electron chi connectivity index (χ3n) is 2.14. The Kier molecular flexibility index (Phi) is 9.95. The highest BCUT2D eigenvalue weighted by atomic mass is 35.5. The fourth-order valence-corrected chi connectivity index (χ4v) is 1.41. The second-order valence-corrected chi connectivity index (χ2v) is 3.31. The van der Waals surface area contributed by atoms with Crippen LogP contribution in [-0.4, -0.2) is 43.8 Å². The molecule has 0 unspecified atom stereocenters. The first-order valence-corrected chi connectivity index (χ1v) is 4.58. The molecule has 1 aliphatic rings. The van der Waals surface area contributed by atoms with Crippen molar-refractivity contribution in [3.63, 3.8) is 0 Å². The van der Waals surface area contributed by atoms with Crippen molar-refractivity contribution in [1.82, 2.24) is 10.2 Å². The highest BCUT2D eigenvalue weighted by Crippen LogP contribution is 2.19. The lowest BCUT2D eigenvalue weighted by molar-refractivity contribution is -0.137. The Hall–Kier alpha value is 0.290. The van der Waals surface area contributed by atoms with Crippen molar-refractivity contribution in [2.45, 2.75) is 19.0 Å². The monoisotopic (exact) mass is 268 g/mol. The Bertz CT molecular complexity index is 147. The van der Waals surface area contributed by atoms with Gasteiger partial charge in [-0.05, 0) is 19.5 Å². The van der Waals surface area contributed by atoms with Crippen molar-refractivity contribution in [3.8, 4) is 0 Å². The Morgan fingerprint density at radius 3 is 2.33 bits per heavy atom. The van der Waals surface area contributed by atoms with E-state index in [4.69, 9.17) is 0 Å². The van der Waals surface area contributed by atoms with Crippen molar-refractivity contribution in [3.05, 3.63) is 0 Å². The molecule has 0 amide bonds. The zero-order valence-corrected chi connectivity index (χ0v) is 9.98. The van der Waals surface area contributed by atoms with Crippen molar-refractivity contribution in [2.24, 2.45) is 0 Å². The van der Waals surface area contributed by atoms with E-state index in [1.54, 1.807) is 0 Å². The van der Waals surface area contributed by atoms with Crippen LogP contribution < -0.4 is 5.32 Å². The van der Waals surface area contributed by atoms with Crippen LogP contribution in [0.2, 0.25) is 0 Å². The number of hydrogen-bond acceptors (Lipinski definition) is 2. The van der Waals surface area contributed by atoms with Crippen LogP contribution in [0.4, 0.5) is 13.2 Å². The first-order valence-electron chi connectivity index (χ1n) is 4.58. The van der Waals surface area contributed by atoms with Crippen molar-refractivity contribution >= 4 is 24.8 Å². The van der Waals surface area contributed by atoms with Gasteiger partial charge in [0.1, 0.15) is 0 Å². The number of hydrogen-bond donors (Lipinski definition) is 1. The molecule has 0 spiro atoms. The van der Waals surface area contributed by atoms with Crippen LogP contribution in [0.5, 0.6) is 0 Å². The minimum Gasteiger partial charge on any atom is -0.315 e. The van der Waals surface area contributed by atoms with Gasteiger partial charge in [0.15, 0.2) is 0 Å². The lowest BCUT2D eigenvalue weighted by Crippen LogP contribution is -2.31. The highest BCUT2D eigenvalue weighted by molar-refractivity contribution is 5.85. The van der Waals surface area contributed by atoms with Gasteiger partial charge in [-0.15, -0.1) is 24.8 Å². The molecule has 0 aliphatic carbocycles. The summed E-state index contributed by atoms with van der Waals surface area (Å²) in [5.41, 5.74) is 0. The predicted octanol–water partition coefficient (Wildman–Crippen LogP) is 2.08. The summed E-state index contributed by atoms with van der Waals surface area (Å²) in [6.07, 6.45) is -3.76. The van der Waals surface area contributed by atoms with Crippen molar-refractivity contribution in [2.75, 3.05) is 32.7 Å². The summed E-state index contributed by atoms with van der Waals surface area (Å²) in [5.74, 6) is 0. The predicted molar refractivity (Wildman–Crippen MR) is 59.1 cm³/mol. The first-order chi connectivity index (χ1) is 6.08. The quantitative estimate of drug-likeness (QED) is 0.825. The molecule has 2 nitrogen and oxygen atoms in total. The van der Waals surface area contributed by atoms with Gasteiger partial charge in [-0.2, -0.15) is 13.2 Å². The molecule has 1 rings (SSSR count). The molecule has 1 saturated heterocycles. The molecule has 0 aromatic heterocycles. The highest BCUT2D eigenvalue weighted by Gasteiger charge is 2.27. The Morgan fingerprint density at radius 1 is 1.07 bits per heavy atom. The molecular formula is C8H17Cl2F3N2. The zero-order valence-electron chi connectivity index (χ0n) is 8.35. The molecule has 0 atom stereocenters. The van der Waals surface area contributed by atoms with Gasteiger partial charge >= 0.3 is 6.18 Å². The molecule has 0 radical (unpaired) electrons. The SMILES string of the molecule is Cl.Cl.FC(F)(F)CCN1CCCNCC1. The van der Waals surface area contributed by atoms with Gasteiger partial charge in [0.05, 0.1) is 6.42 Å². The summed E-state index contributed by atoms with van der Waals surface area (Å²) >= 11 is 0. The number of nitrogens with zero attached hydrogens (tertiary/aromatic N) is 1. The molecule has 0 aromatic rings. The molecule has 1 fully saturated rings. The topological polar surface area (TPSA) is 15.3 Å². The van der Waals surface area contributed by atoms with Gasteiger partial charge in [-0.3, -0.25) is 0 Å².